The lowest BCUT2D eigenvalue weighted by molar-refractivity contribution is 0.102. The summed E-state index contributed by atoms with van der Waals surface area (Å²) in [6, 6.07) is 15.9. The summed E-state index contributed by atoms with van der Waals surface area (Å²) in [5, 5.41) is 8.00. The number of carbonyl (C=O) groups is 3. The first-order chi connectivity index (χ1) is 14.7. The molecule has 8 heteroatoms. The van der Waals surface area contributed by atoms with E-state index in [4.69, 9.17) is 11.5 Å². The molecule has 0 bridgehead atoms. The number of rotatable bonds is 5. The standard InChI is InChI=1S/C23H23N5O3/c1-13-6-11-19(20(24)14(13)2)22(30)27-18-5-3-4-17(12-18)26-21(29)15-7-9-16(10-8-15)28-23(25)31/h3-12H,24H2,1-2H3,(H,26,29)(H,27,30)(H3,25,28,31). The van der Waals surface area contributed by atoms with E-state index in [1.165, 1.54) is 0 Å². The number of carbonyl (C=O) groups excluding carboxylic acids is 3. The molecule has 0 aliphatic rings. The zero-order valence-electron chi connectivity index (χ0n) is 17.2. The van der Waals surface area contributed by atoms with Gasteiger partial charge in [0.2, 0.25) is 0 Å². The Kier molecular flexibility index (Phi) is 6.21. The Morgan fingerprint density at radius 1 is 0.742 bits per heavy atom. The maximum Gasteiger partial charge on any atom is 0.316 e. The number of nitrogens with two attached hydrogens (primary N) is 2. The van der Waals surface area contributed by atoms with E-state index in [0.717, 1.165) is 11.1 Å². The number of nitrogens with one attached hydrogen (secondary N) is 3. The van der Waals surface area contributed by atoms with E-state index in [9.17, 15) is 14.4 Å². The van der Waals surface area contributed by atoms with E-state index in [0.29, 0.717) is 33.9 Å². The Hall–Kier alpha value is -4.33. The Bertz CT molecular complexity index is 1160. The van der Waals surface area contributed by atoms with Crippen molar-refractivity contribution in [3.63, 3.8) is 0 Å². The molecule has 3 aromatic carbocycles. The van der Waals surface area contributed by atoms with Gasteiger partial charge in [0.1, 0.15) is 0 Å². The van der Waals surface area contributed by atoms with Gasteiger partial charge in [-0.3, -0.25) is 9.59 Å². The van der Waals surface area contributed by atoms with E-state index in [2.05, 4.69) is 16.0 Å². The molecular weight excluding hydrogens is 394 g/mol. The molecule has 4 amide bonds. The van der Waals surface area contributed by atoms with Crippen molar-refractivity contribution < 1.29 is 14.4 Å². The van der Waals surface area contributed by atoms with E-state index in [1.54, 1.807) is 54.6 Å². The molecule has 0 atom stereocenters. The third-order valence-corrected chi connectivity index (χ3v) is 4.82. The van der Waals surface area contributed by atoms with Gasteiger partial charge >= 0.3 is 6.03 Å². The van der Waals surface area contributed by atoms with Crippen molar-refractivity contribution >= 4 is 40.6 Å². The van der Waals surface area contributed by atoms with Crippen LogP contribution >= 0.6 is 0 Å². The largest absolute Gasteiger partial charge is 0.398 e. The number of anilines is 4. The van der Waals surface area contributed by atoms with Gasteiger partial charge in [-0.2, -0.15) is 0 Å². The van der Waals surface area contributed by atoms with Crippen LogP contribution in [0.1, 0.15) is 31.8 Å². The van der Waals surface area contributed by atoms with Gasteiger partial charge in [-0.1, -0.05) is 12.1 Å². The van der Waals surface area contributed by atoms with Gasteiger partial charge in [-0.15, -0.1) is 0 Å². The fourth-order valence-electron chi connectivity index (χ4n) is 2.96. The van der Waals surface area contributed by atoms with E-state index in [1.807, 2.05) is 19.9 Å². The third-order valence-electron chi connectivity index (χ3n) is 4.82. The summed E-state index contributed by atoms with van der Waals surface area (Å²) in [6.45, 7) is 3.80. The molecule has 31 heavy (non-hydrogen) atoms. The van der Waals surface area contributed by atoms with Crippen molar-refractivity contribution in [1.29, 1.82) is 0 Å². The molecule has 0 radical (unpaired) electrons. The summed E-state index contributed by atoms with van der Waals surface area (Å²) in [5.41, 5.74) is 15.8. The minimum Gasteiger partial charge on any atom is -0.398 e. The first-order valence-corrected chi connectivity index (χ1v) is 9.49. The van der Waals surface area contributed by atoms with Crippen molar-refractivity contribution in [3.8, 4) is 0 Å². The first-order valence-electron chi connectivity index (χ1n) is 9.49. The normalized spacial score (nSPS) is 10.3. The SMILES string of the molecule is Cc1ccc(C(=O)Nc2cccc(NC(=O)c3ccc(NC(N)=O)cc3)c2)c(N)c1C. The van der Waals surface area contributed by atoms with Crippen LogP contribution in [0, 0.1) is 13.8 Å². The highest BCUT2D eigenvalue weighted by atomic mass is 16.2. The highest BCUT2D eigenvalue weighted by Crippen LogP contribution is 2.23. The van der Waals surface area contributed by atoms with E-state index >= 15 is 0 Å². The molecule has 0 unspecified atom stereocenters. The molecule has 0 heterocycles. The lowest BCUT2D eigenvalue weighted by Gasteiger charge is -2.12. The van der Waals surface area contributed by atoms with Crippen molar-refractivity contribution in [2.45, 2.75) is 13.8 Å². The fraction of sp³-hybridized carbons (Fsp3) is 0.0870. The molecule has 8 nitrogen and oxygen atoms in total. The van der Waals surface area contributed by atoms with Crippen molar-refractivity contribution in [3.05, 3.63) is 82.9 Å². The van der Waals surface area contributed by atoms with Crippen LogP contribution in [-0.2, 0) is 0 Å². The van der Waals surface area contributed by atoms with Crippen LogP contribution < -0.4 is 27.4 Å². The van der Waals surface area contributed by atoms with Crippen molar-refractivity contribution in [1.82, 2.24) is 0 Å². The van der Waals surface area contributed by atoms with Crippen LogP contribution in [0.5, 0.6) is 0 Å². The molecule has 0 aliphatic heterocycles. The summed E-state index contributed by atoms with van der Waals surface area (Å²) in [6.07, 6.45) is 0. The second-order valence-electron chi connectivity index (χ2n) is 7.02. The summed E-state index contributed by atoms with van der Waals surface area (Å²) in [4.78, 5) is 36.0. The third kappa shape index (κ3) is 5.18. The Labute approximate surface area is 179 Å². The van der Waals surface area contributed by atoms with Crippen LogP contribution in [0.25, 0.3) is 0 Å². The van der Waals surface area contributed by atoms with E-state index in [-0.39, 0.29) is 11.8 Å². The molecule has 0 aliphatic carbocycles. The number of primary amides is 1. The number of nitrogen functional groups attached to an aromatic ring is 1. The lowest BCUT2D eigenvalue weighted by Crippen LogP contribution is -2.19. The summed E-state index contributed by atoms with van der Waals surface area (Å²) in [7, 11) is 0. The van der Waals surface area contributed by atoms with Crippen molar-refractivity contribution in [2.24, 2.45) is 5.73 Å². The molecule has 0 saturated carbocycles. The van der Waals surface area contributed by atoms with Gasteiger partial charge in [0.25, 0.3) is 11.8 Å². The van der Waals surface area contributed by atoms with Gasteiger partial charge in [0.15, 0.2) is 0 Å². The topological polar surface area (TPSA) is 139 Å². The molecule has 3 aromatic rings. The smallest absolute Gasteiger partial charge is 0.316 e. The summed E-state index contributed by atoms with van der Waals surface area (Å²) >= 11 is 0. The van der Waals surface area contributed by atoms with Crippen LogP contribution in [0.15, 0.2) is 60.7 Å². The second kappa shape index (κ2) is 9.00. The van der Waals surface area contributed by atoms with Crippen molar-refractivity contribution in [2.75, 3.05) is 21.7 Å². The predicted molar refractivity (Wildman–Crippen MR) is 122 cm³/mol. The second-order valence-corrected chi connectivity index (χ2v) is 7.02. The quantitative estimate of drug-likeness (QED) is 0.402. The zero-order valence-corrected chi connectivity index (χ0v) is 17.2. The number of aryl methyl sites for hydroxylation is 1. The highest BCUT2D eigenvalue weighted by Gasteiger charge is 2.13. The maximum absolute atomic E-state index is 12.6. The Morgan fingerprint density at radius 2 is 1.35 bits per heavy atom. The molecule has 0 spiro atoms. The lowest BCUT2D eigenvalue weighted by atomic mass is 10.0. The minimum atomic E-state index is -0.682. The average molecular weight is 417 g/mol. The number of urea groups is 1. The van der Waals surface area contributed by atoms with Gasteiger partial charge in [0, 0.05) is 28.3 Å². The number of hydrogen-bond donors (Lipinski definition) is 5. The monoisotopic (exact) mass is 417 g/mol. The number of benzene rings is 3. The molecule has 0 fully saturated rings. The molecular formula is C23H23N5O3. The molecule has 0 saturated heterocycles. The molecule has 7 N–H and O–H groups in total. The zero-order chi connectivity index (χ0) is 22.5. The predicted octanol–water partition coefficient (Wildman–Crippen LogP) is 3.88. The average Bonchev–Trinajstić information content (AvgIpc) is 2.72. The van der Waals surface area contributed by atoms with Crippen LogP contribution in [-0.4, -0.2) is 17.8 Å². The molecule has 3 rings (SSSR count). The molecule has 0 aromatic heterocycles. The van der Waals surface area contributed by atoms with E-state index < -0.39 is 6.03 Å². The van der Waals surface area contributed by atoms with Crippen LogP contribution in [0.3, 0.4) is 0 Å². The highest BCUT2D eigenvalue weighted by molar-refractivity contribution is 6.09. The Balaban J connectivity index is 1.70. The first kappa shape index (κ1) is 21.4. The summed E-state index contributed by atoms with van der Waals surface area (Å²) in [5.74, 6) is -0.672. The van der Waals surface area contributed by atoms with Gasteiger partial charge in [-0.05, 0) is 73.5 Å². The van der Waals surface area contributed by atoms with Gasteiger partial charge in [-0.25, -0.2) is 4.79 Å². The minimum absolute atomic E-state index is 0.332. The summed E-state index contributed by atoms with van der Waals surface area (Å²) < 4.78 is 0. The van der Waals surface area contributed by atoms with Gasteiger partial charge < -0.3 is 27.4 Å². The van der Waals surface area contributed by atoms with Gasteiger partial charge in [0.05, 0.1) is 5.56 Å². The fourth-order valence-corrected chi connectivity index (χ4v) is 2.96. The van der Waals surface area contributed by atoms with Crippen LogP contribution in [0.4, 0.5) is 27.5 Å². The Morgan fingerprint density at radius 3 is 1.97 bits per heavy atom. The molecule has 158 valence electrons. The van der Waals surface area contributed by atoms with Crippen LogP contribution in [0.2, 0.25) is 0 Å². The maximum atomic E-state index is 12.6. The number of amides is 4. The number of hydrogen-bond acceptors (Lipinski definition) is 4.